The van der Waals surface area contributed by atoms with E-state index in [1.807, 2.05) is 0 Å². The van der Waals surface area contributed by atoms with Crippen molar-refractivity contribution in [2.45, 2.75) is 6.61 Å². The summed E-state index contributed by atoms with van der Waals surface area (Å²) in [4.78, 5) is 12.4. The molecule has 0 atom stereocenters. The maximum atomic E-state index is 12.4. The molecule has 1 amide bonds. The molecule has 0 unspecified atom stereocenters. The molecular formula is C17H11Cl2F2N3O2. The number of aromatic nitrogens is 2. The van der Waals surface area contributed by atoms with Gasteiger partial charge in [0.2, 0.25) is 0 Å². The highest BCUT2D eigenvalue weighted by Crippen LogP contribution is 2.27. The molecule has 0 spiro atoms. The van der Waals surface area contributed by atoms with Crippen molar-refractivity contribution in [3.8, 4) is 11.4 Å². The van der Waals surface area contributed by atoms with Crippen molar-refractivity contribution in [3.63, 3.8) is 0 Å². The molecule has 0 aliphatic rings. The molecule has 134 valence electrons. The summed E-state index contributed by atoms with van der Waals surface area (Å²) in [5, 5.41) is 7.44. The van der Waals surface area contributed by atoms with E-state index in [0.717, 1.165) is 0 Å². The monoisotopic (exact) mass is 397 g/mol. The van der Waals surface area contributed by atoms with Crippen molar-refractivity contribution in [2.75, 3.05) is 5.32 Å². The first-order valence-electron chi connectivity index (χ1n) is 7.29. The zero-order valence-corrected chi connectivity index (χ0v) is 14.5. The SMILES string of the molecule is O=C(Nc1ccccc1OC(F)F)c1cnn(-c2ccc(Cl)cc2Cl)c1. The van der Waals surface area contributed by atoms with E-state index >= 15 is 0 Å². The predicted molar refractivity (Wildman–Crippen MR) is 94.6 cm³/mol. The van der Waals surface area contributed by atoms with Crippen LogP contribution < -0.4 is 10.1 Å². The third-order valence-electron chi connectivity index (χ3n) is 3.35. The van der Waals surface area contributed by atoms with Crippen LogP contribution >= 0.6 is 23.2 Å². The van der Waals surface area contributed by atoms with Crippen molar-refractivity contribution in [1.29, 1.82) is 0 Å². The van der Waals surface area contributed by atoms with E-state index in [9.17, 15) is 13.6 Å². The van der Waals surface area contributed by atoms with E-state index in [0.29, 0.717) is 15.7 Å². The van der Waals surface area contributed by atoms with Gasteiger partial charge in [-0.2, -0.15) is 13.9 Å². The Morgan fingerprint density at radius 3 is 2.69 bits per heavy atom. The number of carbonyl (C=O) groups excluding carboxylic acids is 1. The van der Waals surface area contributed by atoms with Gasteiger partial charge in [0.05, 0.1) is 28.2 Å². The fourth-order valence-corrected chi connectivity index (χ4v) is 2.70. The number of rotatable bonds is 5. The quantitative estimate of drug-likeness (QED) is 0.656. The Morgan fingerprint density at radius 2 is 1.96 bits per heavy atom. The van der Waals surface area contributed by atoms with Crippen LogP contribution in [0.3, 0.4) is 0 Å². The molecule has 26 heavy (non-hydrogen) atoms. The average Bonchev–Trinajstić information content (AvgIpc) is 3.06. The fourth-order valence-electron chi connectivity index (χ4n) is 2.20. The highest BCUT2D eigenvalue weighted by atomic mass is 35.5. The number of hydrogen-bond acceptors (Lipinski definition) is 3. The van der Waals surface area contributed by atoms with Crippen molar-refractivity contribution < 1.29 is 18.3 Å². The number of anilines is 1. The molecule has 3 rings (SSSR count). The Labute approximate surface area is 157 Å². The molecule has 5 nitrogen and oxygen atoms in total. The fraction of sp³-hybridized carbons (Fsp3) is 0.0588. The van der Waals surface area contributed by atoms with E-state index < -0.39 is 12.5 Å². The Morgan fingerprint density at radius 1 is 1.19 bits per heavy atom. The lowest BCUT2D eigenvalue weighted by molar-refractivity contribution is -0.0493. The van der Waals surface area contributed by atoms with Crippen LogP contribution in [0, 0.1) is 0 Å². The largest absolute Gasteiger partial charge is 0.433 e. The number of nitrogens with one attached hydrogen (secondary N) is 1. The van der Waals surface area contributed by atoms with E-state index in [1.165, 1.54) is 35.3 Å². The number of alkyl halides is 2. The van der Waals surface area contributed by atoms with Gasteiger partial charge in [0, 0.05) is 11.2 Å². The minimum Gasteiger partial charge on any atom is -0.433 e. The zero-order chi connectivity index (χ0) is 18.7. The molecule has 0 fully saturated rings. The smallest absolute Gasteiger partial charge is 0.387 e. The first-order chi connectivity index (χ1) is 12.4. The number of nitrogens with zero attached hydrogens (tertiary/aromatic N) is 2. The average molecular weight is 398 g/mol. The van der Waals surface area contributed by atoms with Crippen molar-refractivity contribution in [2.24, 2.45) is 0 Å². The summed E-state index contributed by atoms with van der Waals surface area (Å²) in [5.41, 5.74) is 0.870. The van der Waals surface area contributed by atoms with Crippen LogP contribution in [0.4, 0.5) is 14.5 Å². The number of benzene rings is 2. The summed E-state index contributed by atoms with van der Waals surface area (Å²) in [6.07, 6.45) is 2.79. The van der Waals surface area contributed by atoms with Gasteiger partial charge in [0.15, 0.2) is 0 Å². The maximum Gasteiger partial charge on any atom is 0.387 e. The van der Waals surface area contributed by atoms with Gasteiger partial charge >= 0.3 is 6.61 Å². The lowest BCUT2D eigenvalue weighted by atomic mass is 10.2. The second kappa shape index (κ2) is 7.72. The summed E-state index contributed by atoms with van der Waals surface area (Å²) in [6.45, 7) is -3.00. The number of amides is 1. The number of para-hydroxylation sites is 2. The normalized spacial score (nSPS) is 10.8. The summed E-state index contributed by atoms with van der Waals surface area (Å²) < 4.78 is 30.7. The van der Waals surface area contributed by atoms with Gasteiger partial charge in [-0.25, -0.2) is 4.68 Å². The zero-order valence-electron chi connectivity index (χ0n) is 13.0. The molecule has 0 saturated carbocycles. The number of carbonyl (C=O) groups is 1. The number of halogens is 4. The Kier molecular flexibility index (Phi) is 5.39. The summed E-state index contributed by atoms with van der Waals surface area (Å²) in [5.74, 6) is -0.671. The van der Waals surface area contributed by atoms with Crippen LogP contribution in [0.5, 0.6) is 5.75 Å². The first kappa shape index (κ1) is 18.2. The first-order valence-corrected chi connectivity index (χ1v) is 8.05. The van der Waals surface area contributed by atoms with E-state index in [-0.39, 0.29) is 17.0 Å². The van der Waals surface area contributed by atoms with Crippen molar-refractivity contribution in [1.82, 2.24) is 9.78 Å². The highest BCUT2D eigenvalue weighted by Gasteiger charge is 2.15. The standard InChI is InChI=1S/C17H11Cl2F2N3O2/c18-11-5-6-14(12(19)7-11)24-9-10(8-22-24)16(25)23-13-3-1-2-4-15(13)26-17(20)21/h1-9,17H,(H,23,25). The van der Waals surface area contributed by atoms with Gasteiger partial charge in [-0.1, -0.05) is 35.3 Å². The molecule has 0 radical (unpaired) electrons. The molecule has 0 saturated heterocycles. The van der Waals surface area contributed by atoms with Crippen molar-refractivity contribution in [3.05, 3.63) is 70.5 Å². The molecule has 3 aromatic rings. The Hall–Kier alpha value is -2.64. The van der Waals surface area contributed by atoms with E-state index in [1.54, 1.807) is 24.3 Å². The van der Waals surface area contributed by atoms with Gasteiger partial charge < -0.3 is 10.1 Å². The third kappa shape index (κ3) is 4.12. The van der Waals surface area contributed by atoms with Crippen molar-refractivity contribution >= 4 is 34.8 Å². The lowest BCUT2D eigenvalue weighted by Crippen LogP contribution is -2.13. The molecular weight excluding hydrogens is 387 g/mol. The van der Waals surface area contributed by atoms with Gasteiger partial charge in [0.1, 0.15) is 5.75 Å². The van der Waals surface area contributed by atoms with Crippen LogP contribution in [0.1, 0.15) is 10.4 Å². The van der Waals surface area contributed by atoms with E-state index in [4.69, 9.17) is 23.2 Å². The topological polar surface area (TPSA) is 56.1 Å². The molecule has 0 aliphatic heterocycles. The second-order valence-corrected chi connectivity index (χ2v) is 5.94. The lowest BCUT2D eigenvalue weighted by Gasteiger charge is -2.10. The molecule has 1 N–H and O–H groups in total. The van der Waals surface area contributed by atoms with E-state index in [2.05, 4.69) is 15.2 Å². The Balaban J connectivity index is 1.81. The van der Waals surface area contributed by atoms with Crippen LogP contribution in [0.2, 0.25) is 10.0 Å². The predicted octanol–water partition coefficient (Wildman–Crippen LogP) is 5.03. The van der Waals surface area contributed by atoms with Crippen LogP contribution in [-0.4, -0.2) is 22.3 Å². The van der Waals surface area contributed by atoms with Gasteiger partial charge in [0.25, 0.3) is 5.91 Å². The molecule has 1 heterocycles. The third-order valence-corrected chi connectivity index (χ3v) is 3.89. The molecule has 2 aromatic carbocycles. The minimum atomic E-state index is -3.00. The van der Waals surface area contributed by atoms with Crippen LogP contribution in [-0.2, 0) is 0 Å². The molecule has 0 bridgehead atoms. The molecule has 0 aliphatic carbocycles. The molecule has 9 heteroatoms. The highest BCUT2D eigenvalue weighted by molar-refractivity contribution is 6.35. The number of hydrogen-bond donors (Lipinski definition) is 1. The van der Waals surface area contributed by atoms with Crippen LogP contribution in [0.25, 0.3) is 5.69 Å². The summed E-state index contributed by atoms with van der Waals surface area (Å²) in [7, 11) is 0. The van der Waals surface area contributed by atoms with Gasteiger partial charge in [-0.3, -0.25) is 4.79 Å². The second-order valence-electron chi connectivity index (χ2n) is 5.10. The minimum absolute atomic E-state index is 0.120. The van der Waals surface area contributed by atoms with Gasteiger partial charge in [-0.15, -0.1) is 0 Å². The summed E-state index contributed by atoms with van der Waals surface area (Å²) >= 11 is 12.0. The number of ether oxygens (including phenoxy) is 1. The van der Waals surface area contributed by atoms with Crippen LogP contribution in [0.15, 0.2) is 54.9 Å². The Bertz CT molecular complexity index is 947. The van der Waals surface area contributed by atoms with Gasteiger partial charge in [-0.05, 0) is 30.3 Å². The molecule has 1 aromatic heterocycles. The maximum absolute atomic E-state index is 12.4. The summed E-state index contributed by atoms with van der Waals surface area (Å²) in [6, 6.07) is 10.7.